The number of nitrogens with zero attached hydrogens (tertiary/aromatic N) is 1. The maximum Gasteiger partial charge on any atom is 0.243 e. The molecule has 100 valence electrons. The maximum atomic E-state index is 10.5. The van der Waals surface area contributed by atoms with Gasteiger partial charge in [0, 0.05) is 23.8 Å². The van der Waals surface area contributed by atoms with Crippen molar-refractivity contribution in [2.24, 2.45) is 5.73 Å². The van der Waals surface area contributed by atoms with E-state index in [1.54, 1.807) is 6.20 Å². The van der Waals surface area contributed by atoms with Crippen LogP contribution in [0, 0.1) is 0 Å². The van der Waals surface area contributed by atoms with Crippen LogP contribution in [0.15, 0.2) is 30.5 Å². The number of carbonyl (C=O) groups is 1. The van der Waals surface area contributed by atoms with Crippen LogP contribution in [0.25, 0.3) is 10.9 Å². The number of nitrogens with two attached hydrogens (primary N) is 2. The number of hydrogen-bond donors (Lipinski definition) is 3. The van der Waals surface area contributed by atoms with Gasteiger partial charge in [0.25, 0.3) is 0 Å². The summed E-state index contributed by atoms with van der Waals surface area (Å²) >= 11 is 0. The maximum absolute atomic E-state index is 10.5. The molecule has 0 atom stereocenters. The zero-order valence-corrected chi connectivity index (χ0v) is 10.4. The first-order valence-corrected chi connectivity index (χ1v) is 5.91. The first-order chi connectivity index (χ1) is 9.18. The van der Waals surface area contributed by atoms with Gasteiger partial charge in [0.1, 0.15) is 6.61 Å². The summed E-state index contributed by atoms with van der Waals surface area (Å²) in [5, 5.41) is 4.17. The fourth-order valence-electron chi connectivity index (χ4n) is 1.78. The predicted octanol–water partition coefficient (Wildman–Crippen LogP) is 0.731. The lowest BCUT2D eigenvalue weighted by molar-refractivity contribution is -0.122. The molecular weight excluding hydrogens is 244 g/mol. The highest BCUT2D eigenvalue weighted by Crippen LogP contribution is 2.25. The normalized spacial score (nSPS) is 10.5. The minimum atomic E-state index is -0.470. The van der Waals surface area contributed by atoms with Gasteiger partial charge in [0.15, 0.2) is 0 Å². The number of amides is 1. The van der Waals surface area contributed by atoms with Crippen LogP contribution in [0.2, 0.25) is 0 Å². The van der Waals surface area contributed by atoms with Crippen LogP contribution in [0.5, 0.6) is 0 Å². The molecule has 0 aliphatic heterocycles. The summed E-state index contributed by atoms with van der Waals surface area (Å²) in [5.74, 6) is -0.470. The van der Waals surface area contributed by atoms with Gasteiger partial charge in [0.2, 0.25) is 5.91 Å². The summed E-state index contributed by atoms with van der Waals surface area (Å²) in [6.07, 6.45) is 1.70. The van der Waals surface area contributed by atoms with Gasteiger partial charge in [-0.2, -0.15) is 0 Å². The average molecular weight is 260 g/mol. The summed E-state index contributed by atoms with van der Waals surface area (Å²) in [6, 6.07) is 7.52. The standard InChI is InChI=1S/C13H16N4O2/c14-10-3-1-2-9-11(4-5-17-13(9)10)16-6-7-19-8-12(15)18/h1-5H,6-8,14H2,(H2,15,18)(H,16,17). The van der Waals surface area contributed by atoms with E-state index in [1.165, 1.54) is 0 Å². The summed E-state index contributed by atoms with van der Waals surface area (Å²) in [6.45, 7) is 0.905. The van der Waals surface area contributed by atoms with E-state index < -0.39 is 5.91 Å². The van der Waals surface area contributed by atoms with Crippen molar-refractivity contribution in [1.82, 2.24) is 4.98 Å². The molecule has 2 aromatic rings. The SMILES string of the molecule is NC(=O)COCCNc1ccnc2c(N)cccc12. The van der Waals surface area contributed by atoms with Crippen LogP contribution in [0.1, 0.15) is 0 Å². The first kappa shape index (κ1) is 13.1. The number of ether oxygens (including phenoxy) is 1. The number of benzene rings is 1. The molecule has 2 rings (SSSR count). The molecule has 1 aromatic heterocycles. The Morgan fingerprint density at radius 2 is 2.21 bits per heavy atom. The van der Waals surface area contributed by atoms with Crippen molar-refractivity contribution < 1.29 is 9.53 Å². The number of fused-ring (bicyclic) bond motifs is 1. The number of anilines is 2. The Kier molecular flexibility index (Phi) is 4.15. The van der Waals surface area contributed by atoms with Crippen molar-refractivity contribution >= 4 is 28.2 Å². The van der Waals surface area contributed by atoms with E-state index in [1.807, 2.05) is 24.3 Å². The molecule has 6 nitrogen and oxygen atoms in total. The lowest BCUT2D eigenvalue weighted by Crippen LogP contribution is -2.20. The number of hydrogen-bond acceptors (Lipinski definition) is 5. The van der Waals surface area contributed by atoms with Gasteiger partial charge in [0.05, 0.1) is 17.8 Å². The van der Waals surface area contributed by atoms with Gasteiger partial charge in [-0.05, 0) is 12.1 Å². The molecule has 0 saturated carbocycles. The molecule has 0 radical (unpaired) electrons. The van der Waals surface area contributed by atoms with E-state index in [4.69, 9.17) is 16.2 Å². The fourth-order valence-corrected chi connectivity index (χ4v) is 1.78. The third kappa shape index (κ3) is 3.32. The van der Waals surface area contributed by atoms with E-state index in [0.717, 1.165) is 16.6 Å². The van der Waals surface area contributed by atoms with Gasteiger partial charge >= 0.3 is 0 Å². The zero-order chi connectivity index (χ0) is 13.7. The number of nitrogen functional groups attached to an aromatic ring is 1. The van der Waals surface area contributed by atoms with E-state index in [2.05, 4.69) is 10.3 Å². The molecule has 19 heavy (non-hydrogen) atoms. The predicted molar refractivity (Wildman–Crippen MR) is 74.7 cm³/mol. The topological polar surface area (TPSA) is 103 Å². The Morgan fingerprint density at radius 1 is 1.37 bits per heavy atom. The number of pyridine rings is 1. The van der Waals surface area contributed by atoms with E-state index in [0.29, 0.717) is 18.8 Å². The fraction of sp³-hybridized carbons (Fsp3) is 0.231. The Labute approximate surface area is 110 Å². The highest BCUT2D eigenvalue weighted by atomic mass is 16.5. The number of para-hydroxylation sites is 1. The largest absolute Gasteiger partial charge is 0.397 e. The number of aromatic nitrogens is 1. The van der Waals surface area contributed by atoms with Gasteiger partial charge in [-0.3, -0.25) is 9.78 Å². The lowest BCUT2D eigenvalue weighted by atomic mass is 10.1. The number of rotatable bonds is 6. The molecule has 0 saturated heterocycles. The number of carbonyl (C=O) groups excluding carboxylic acids is 1. The van der Waals surface area contributed by atoms with Crippen molar-refractivity contribution in [2.45, 2.75) is 0 Å². The lowest BCUT2D eigenvalue weighted by Gasteiger charge is -2.10. The van der Waals surface area contributed by atoms with Crippen molar-refractivity contribution in [1.29, 1.82) is 0 Å². The molecule has 1 amide bonds. The monoisotopic (exact) mass is 260 g/mol. The van der Waals surface area contributed by atoms with Gasteiger partial charge in [-0.15, -0.1) is 0 Å². The van der Waals surface area contributed by atoms with Crippen LogP contribution in [0.3, 0.4) is 0 Å². The molecule has 5 N–H and O–H groups in total. The second-order valence-electron chi connectivity index (χ2n) is 4.05. The Balaban J connectivity index is 2.01. The highest BCUT2D eigenvalue weighted by molar-refractivity contribution is 5.97. The van der Waals surface area contributed by atoms with Crippen LogP contribution < -0.4 is 16.8 Å². The molecule has 1 aromatic carbocycles. The van der Waals surface area contributed by atoms with Crippen LogP contribution >= 0.6 is 0 Å². The highest BCUT2D eigenvalue weighted by Gasteiger charge is 2.03. The molecular formula is C13H16N4O2. The molecule has 0 unspecified atom stereocenters. The van der Waals surface area contributed by atoms with Crippen LogP contribution in [0.4, 0.5) is 11.4 Å². The smallest absolute Gasteiger partial charge is 0.243 e. The third-order valence-corrected chi connectivity index (χ3v) is 2.61. The zero-order valence-electron chi connectivity index (χ0n) is 10.4. The number of nitrogens with one attached hydrogen (secondary N) is 1. The molecule has 0 aliphatic rings. The minimum absolute atomic E-state index is 0.0638. The Bertz CT molecular complexity index is 586. The van der Waals surface area contributed by atoms with E-state index >= 15 is 0 Å². The second-order valence-corrected chi connectivity index (χ2v) is 4.05. The van der Waals surface area contributed by atoms with E-state index in [9.17, 15) is 4.79 Å². The Morgan fingerprint density at radius 3 is 3.00 bits per heavy atom. The minimum Gasteiger partial charge on any atom is -0.397 e. The summed E-state index contributed by atoms with van der Waals surface area (Å²) in [5.41, 5.74) is 13.2. The second kappa shape index (κ2) is 6.01. The van der Waals surface area contributed by atoms with Crippen molar-refractivity contribution in [3.63, 3.8) is 0 Å². The molecule has 0 bridgehead atoms. The van der Waals surface area contributed by atoms with Crippen LogP contribution in [-0.2, 0) is 9.53 Å². The quantitative estimate of drug-likeness (QED) is 0.525. The van der Waals surface area contributed by atoms with Gasteiger partial charge in [-0.25, -0.2) is 0 Å². The van der Waals surface area contributed by atoms with E-state index in [-0.39, 0.29) is 6.61 Å². The molecule has 1 heterocycles. The van der Waals surface area contributed by atoms with Crippen molar-refractivity contribution in [3.05, 3.63) is 30.5 Å². The van der Waals surface area contributed by atoms with Gasteiger partial charge in [-0.1, -0.05) is 12.1 Å². The Hall–Kier alpha value is -2.34. The van der Waals surface area contributed by atoms with Crippen LogP contribution in [-0.4, -0.2) is 30.6 Å². The summed E-state index contributed by atoms with van der Waals surface area (Å²) in [7, 11) is 0. The van der Waals surface area contributed by atoms with Crippen molar-refractivity contribution in [2.75, 3.05) is 30.8 Å². The molecule has 6 heteroatoms. The molecule has 0 fully saturated rings. The molecule has 0 aliphatic carbocycles. The van der Waals surface area contributed by atoms with Gasteiger partial charge < -0.3 is 21.5 Å². The summed E-state index contributed by atoms with van der Waals surface area (Å²) < 4.78 is 5.08. The first-order valence-electron chi connectivity index (χ1n) is 5.91. The summed E-state index contributed by atoms with van der Waals surface area (Å²) in [4.78, 5) is 14.8. The average Bonchev–Trinajstić information content (AvgIpc) is 2.39. The molecule has 0 spiro atoms. The number of primary amides is 1. The third-order valence-electron chi connectivity index (χ3n) is 2.61. The van der Waals surface area contributed by atoms with Crippen molar-refractivity contribution in [3.8, 4) is 0 Å².